The van der Waals surface area contributed by atoms with Gasteiger partial charge in [-0.1, -0.05) is 76.6 Å². The van der Waals surface area contributed by atoms with Crippen LogP contribution in [0, 0.1) is 43.1 Å². The van der Waals surface area contributed by atoms with Crippen LogP contribution in [0.25, 0.3) is 0 Å². The third-order valence-corrected chi connectivity index (χ3v) is 13.4. The zero-order valence-electron chi connectivity index (χ0n) is 41.3. The minimum atomic E-state index is -0.518. The molecule has 12 nitrogen and oxygen atoms in total. The molecule has 18 heteroatoms. The highest BCUT2D eigenvalue weighted by Crippen LogP contribution is 2.29. The molecular formula is C58H52BrF2I3N6O6. The van der Waals surface area contributed by atoms with Crippen LogP contribution in [0.15, 0.2) is 174 Å². The van der Waals surface area contributed by atoms with E-state index in [1.807, 2.05) is 142 Å². The molecular weight excluding hydrogens is 1380 g/mol. The van der Waals surface area contributed by atoms with Gasteiger partial charge in [0, 0.05) is 38.8 Å². The molecule has 0 saturated carbocycles. The number of aliphatic hydroxyl groups excluding tert-OH is 1. The van der Waals surface area contributed by atoms with Gasteiger partial charge in [-0.25, -0.2) is 19.7 Å². The highest BCUT2D eigenvalue weighted by Gasteiger charge is 2.17. The second-order valence-corrected chi connectivity index (χ2v) is 21.4. The first-order valence-corrected chi connectivity index (χ1v) is 27.4. The molecule has 0 saturated heterocycles. The Morgan fingerprint density at radius 1 is 0.474 bits per heavy atom. The number of hydroxylamine groups is 2. The van der Waals surface area contributed by atoms with Gasteiger partial charge in [0.25, 0.3) is 17.7 Å². The van der Waals surface area contributed by atoms with Crippen molar-refractivity contribution < 1.29 is 37.9 Å². The first kappa shape index (κ1) is 59.2. The molecule has 0 fully saturated rings. The van der Waals surface area contributed by atoms with Crippen molar-refractivity contribution in [3.8, 4) is 0 Å². The van der Waals surface area contributed by atoms with Gasteiger partial charge in [0.05, 0.1) is 53.6 Å². The number of amides is 3. The number of nitrogens with one attached hydrogen (secondary N) is 6. The van der Waals surface area contributed by atoms with Gasteiger partial charge in [-0.05, 0) is 226 Å². The highest BCUT2D eigenvalue weighted by atomic mass is 127. The molecule has 0 aliphatic rings. The van der Waals surface area contributed by atoms with E-state index in [-0.39, 0.29) is 36.8 Å². The quantitative estimate of drug-likeness (QED) is 0.0348. The van der Waals surface area contributed by atoms with Crippen molar-refractivity contribution in [3.63, 3.8) is 0 Å². The molecule has 8 aromatic rings. The van der Waals surface area contributed by atoms with E-state index in [1.165, 1.54) is 33.9 Å². The van der Waals surface area contributed by atoms with Gasteiger partial charge in [-0.2, -0.15) is 0 Å². The first-order chi connectivity index (χ1) is 36.6. The van der Waals surface area contributed by atoms with E-state index in [9.17, 15) is 23.2 Å². The second kappa shape index (κ2) is 30.1. The fraction of sp³-hybridized carbons (Fsp3) is 0.121. The topological polar surface area (TPSA) is 162 Å². The summed E-state index contributed by atoms with van der Waals surface area (Å²) < 4.78 is 31.4. The van der Waals surface area contributed by atoms with E-state index < -0.39 is 23.4 Å². The maximum absolute atomic E-state index is 13.7. The number of carbonyl (C=O) groups is 3. The van der Waals surface area contributed by atoms with Crippen molar-refractivity contribution in [3.05, 3.63) is 241 Å². The molecule has 0 radical (unpaired) electrons. The first-order valence-electron chi connectivity index (χ1n) is 23.4. The van der Waals surface area contributed by atoms with Crippen LogP contribution in [0.4, 0.5) is 42.9 Å². The third kappa shape index (κ3) is 18.6. The lowest BCUT2D eigenvalue weighted by Crippen LogP contribution is -2.27. The van der Waals surface area contributed by atoms with Crippen molar-refractivity contribution in [2.24, 2.45) is 0 Å². The summed E-state index contributed by atoms with van der Waals surface area (Å²) >= 11 is 10.2. The number of aliphatic hydroxyl groups is 1. The Labute approximate surface area is 489 Å². The Bertz CT molecular complexity index is 3110. The Balaban J connectivity index is 0.000000186. The molecule has 0 aliphatic heterocycles. The minimum Gasteiger partial charge on any atom is -0.395 e. The predicted octanol–water partition coefficient (Wildman–Crippen LogP) is 14.5. The van der Waals surface area contributed by atoms with E-state index in [0.29, 0.717) is 29.2 Å². The fourth-order valence-electron chi connectivity index (χ4n) is 7.07. The smallest absolute Gasteiger partial charge is 0.277 e. The van der Waals surface area contributed by atoms with Crippen molar-refractivity contribution in [1.82, 2.24) is 16.3 Å². The summed E-state index contributed by atoms with van der Waals surface area (Å²) in [6, 6.07) is 50.6. The van der Waals surface area contributed by atoms with Crippen LogP contribution in [0.3, 0.4) is 0 Å². The molecule has 392 valence electrons. The number of rotatable bonds is 17. The number of benzene rings is 8. The lowest BCUT2D eigenvalue weighted by atomic mass is 10.1. The number of carbonyl (C=O) groups excluding carboxylic acids is 3. The van der Waals surface area contributed by atoms with Crippen molar-refractivity contribution >= 4 is 136 Å². The van der Waals surface area contributed by atoms with Gasteiger partial charge in [-0.3, -0.25) is 24.1 Å². The van der Waals surface area contributed by atoms with Crippen LogP contribution >= 0.6 is 83.7 Å². The van der Waals surface area contributed by atoms with Gasteiger partial charge in [-0.15, -0.1) is 0 Å². The summed E-state index contributed by atoms with van der Waals surface area (Å²) in [4.78, 5) is 47.9. The average molecular weight is 1430 g/mol. The van der Waals surface area contributed by atoms with Gasteiger partial charge < -0.3 is 26.4 Å². The van der Waals surface area contributed by atoms with Crippen LogP contribution in [0.1, 0.15) is 58.9 Å². The number of anilines is 6. The molecule has 0 atom stereocenters. The molecule has 3 amide bonds. The van der Waals surface area contributed by atoms with Crippen molar-refractivity contribution in [2.75, 3.05) is 29.1 Å². The maximum atomic E-state index is 13.7. The van der Waals surface area contributed by atoms with Crippen molar-refractivity contribution in [2.45, 2.75) is 34.0 Å². The Morgan fingerprint density at radius 3 is 1.21 bits per heavy atom. The molecule has 0 unspecified atom stereocenters. The van der Waals surface area contributed by atoms with Crippen LogP contribution < -0.4 is 32.2 Å². The lowest BCUT2D eigenvalue weighted by molar-refractivity contribution is 0.0232. The Morgan fingerprint density at radius 2 is 0.829 bits per heavy atom. The zero-order chi connectivity index (χ0) is 54.6. The van der Waals surface area contributed by atoms with E-state index in [4.69, 9.17) is 14.8 Å². The van der Waals surface area contributed by atoms with Gasteiger partial charge >= 0.3 is 0 Å². The van der Waals surface area contributed by atoms with Crippen LogP contribution in [0.2, 0.25) is 0 Å². The Kier molecular flexibility index (Phi) is 23.4. The summed E-state index contributed by atoms with van der Waals surface area (Å²) in [5, 5.41) is 21.0. The summed E-state index contributed by atoms with van der Waals surface area (Å²) in [6.45, 7) is 6.44. The van der Waals surface area contributed by atoms with Crippen LogP contribution in [-0.4, -0.2) is 36.0 Å². The van der Waals surface area contributed by atoms with E-state index >= 15 is 0 Å². The molecule has 7 N–H and O–H groups in total. The lowest BCUT2D eigenvalue weighted by Gasteiger charge is -2.15. The predicted molar refractivity (Wildman–Crippen MR) is 325 cm³/mol. The molecule has 8 rings (SSSR count). The molecule has 0 heterocycles. The second-order valence-electron chi connectivity index (χ2n) is 16.7. The van der Waals surface area contributed by atoms with Crippen LogP contribution in [-0.2, 0) is 22.9 Å². The Hall–Kier alpha value is -6.02. The number of hydrogen-bond donors (Lipinski definition) is 7. The zero-order valence-corrected chi connectivity index (χ0v) is 49.3. The SMILES string of the molecule is Cc1cc(I)ccc1Nc1ccc(Br)cc1C(=O)NOCc1ccccc1.Cc1cc(I)ccc1Nc1ccc(F)cc1C(=O)NCCO.Cc1cc(I)ccc1Nc1ccc(F)cc1C(=O)NOCc1ccccc1. The van der Waals surface area contributed by atoms with Crippen LogP contribution in [0.5, 0.6) is 0 Å². The fourth-order valence-corrected chi connectivity index (χ4v) is 9.37. The van der Waals surface area contributed by atoms with Gasteiger partial charge in [0.1, 0.15) is 11.6 Å². The monoisotopic (exact) mass is 1430 g/mol. The molecule has 0 bridgehead atoms. The number of hydrogen-bond acceptors (Lipinski definition) is 9. The standard InChI is InChI=1S/C21H18BrIN2O2.C21H18FIN2O2.C16H16FIN2O2/c2*1-14-11-17(23)8-10-19(14)24-20-9-7-16(22)12-18(20)21(26)25-27-13-15-5-3-2-4-6-15;1-10-8-12(18)3-5-14(10)20-15-4-2-11(17)9-13(15)16(22)19-6-7-21/h2*2-12,24H,13H2,1H3,(H,25,26);2-5,8-9,20-21H,6-7H2,1H3,(H,19,22). The summed E-state index contributed by atoms with van der Waals surface area (Å²) in [7, 11) is 0. The third-order valence-electron chi connectivity index (χ3n) is 10.9. The molecule has 0 aromatic heterocycles. The number of aryl methyl sites for hydroxylation is 3. The van der Waals surface area contributed by atoms with E-state index in [1.54, 1.807) is 12.1 Å². The van der Waals surface area contributed by atoms with E-state index in [0.717, 1.165) is 56.5 Å². The molecule has 0 spiro atoms. The minimum absolute atomic E-state index is 0.122. The van der Waals surface area contributed by atoms with Gasteiger partial charge in [0.2, 0.25) is 0 Å². The average Bonchev–Trinajstić information content (AvgIpc) is 3.40. The maximum Gasteiger partial charge on any atom is 0.277 e. The molecule has 0 aliphatic carbocycles. The summed E-state index contributed by atoms with van der Waals surface area (Å²) in [6.07, 6.45) is 0. The molecule has 8 aromatic carbocycles. The summed E-state index contributed by atoms with van der Waals surface area (Å²) in [5.74, 6) is -2.24. The highest BCUT2D eigenvalue weighted by molar-refractivity contribution is 14.1. The van der Waals surface area contributed by atoms with Gasteiger partial charge in [0.15, 0.2) is 0 Å². The molecule has 76 heavy (non-hydrogen) atoms. The summed E-state index contributed by atoms with van der Waals surface area (Å²) in [5.41, 5.74) is 15.2. The largest absolute Gasteiger partial charge is 0.395 e. The normalized spacial score (nSPS) is 10.4. The van der Waals surface area contributed by atoms with Crippen molar-refractivity contribution in [1.29, 1.82) is 0 Å². The number of halogens is 6. The van der Waals surface area contributed by atoms with E-state index in [2.05, 4.69) is 122 Å².